The Morgan fingerprint density at radius 1 is 0.771 bits per heavy atom. The van der Waals surface area contributed by atoms with E-state index in [1.54, 1.807) is 32.4 Å². The van der Waals surface area contributed by atoms with Crippen LogP contribution < -0.4 is 9.44 Å². The van der Waals surface area contributed by atoms with E-state index in [1.807, 2.05) is 30.3 Å². The summed E-state index contributed by atoms with van der Waals surface area (Å²) in [5.74, 6) is 0.592. The van der Waals surface area contributed by atoms with Crippen LogP contribution in [-0.4, -0.2) is 36.6 Å². The van der Waals surface area contributed by atoms with Gasteiger partial charge >= 0.3 is 0 Å². The van der Waals surface area contributed by atoms with Crippen molar-refractivity contribution in [3.05, 3.63) is 83.6 Å². The van der Waals surface area contributed by atoms with E-state index in [4.69, 9.17) is 0 Å². The zero-order valence-electron chi connectivity index (χ0n) is 19.5. The topological polar surface area (TPSA) is 136 Å². The summed E-state index contributed by atoms with van der Waals surface area (Å²) in [5.41, 5.74) is 2.38. The van der Waals surface area contributed by atoms with Crippen molar-refractivity contribution >= 4 is 31.6 Å². The van der Waals surface area contributed by atoms with Gasteiger partial charge in [-0.1, -0.05) is 18.2 Å². The van der Waals surface area contributed by atoms with Crippen molar-refractivity contribution in [1.29, 1.82) is 0 Å². The first-order chi connectivity index (χ1) is 16.5. The molecular weight excluding hydrogens is 488 g/mol. The van der Waals surface area contributed by atoms with E-state index in [0.717, 1.165) is 5.69 Å². The molecule has 0 aliphatic carbocycles. The molecular formula is C23H24N6O4S2. The fourth-order valence-electron chi connectivity index (χ4n) is 3.71. The molecule has 182 valence electrons. The van der Waals surface area contributed by atoms with Crippen LogP contribution in [0.5, 0.6) is 0 Å². The van der Waals surface area contributed by atoms with Gasteiger partial charge in [-0.3, -0.25) is 9.44 Å². The maximum Gasteiger partial charge on any atom is 0.265 e. The van der Waals surface area contributed by atoms with Gasteiger partial charge in [-0.15, -0.1) is 0 Å². The van der Waals surface area contributed by atoms with E-state index in [2.05, 4.69) is 24.5 Å². The number of nitrogens with one attached hydrogen (secondary N) is 2. The summed E-state index contributed by atoms with van der Waals surface area (Å²) in [7, 11) is -7.91. The molecule has 0 atom stereocenters. The zero-order valence-corrected chi connectivity index (χ0v) is 21.1. The lowest BCUT2D eigenvalue weighted by Crippen LogP contribution is -2.16. The van der Waals surface area contributed by atoms with Crippen LogP contribution in [-0.2, 0) is 20.0 Å². The molecule has 2 aromatic heterocycles. The summed E-state index contributed by atoms with van der Waals surface area (Å²) in [6.07, 6.45) is 0. The molecule has 12 heteroatoms. The number of nitrogens with zero attached hydrogens (tertiary/aromatic N) is 4. The van der Waals surface area contributed by atoms with Gasteiger partial charge in [0.05, 0.1) is 22.0 Å². The Morgan fingerprint density at radius 2 is 1.43 bits per heavy atom. The second kappa shape index (κ2) is 9.12. The highest BCUT2D eigenvalue weighted by atomic mass is 32.2. The van der Waals surface area contributed by atoms with Crippen LogP contribution in [0.4, 0.5) is 11.5 Å². The van der Waals surface area contributed by atoms with Gasteiger partial charge in [0, 0.05) is 17.4 Å². The van der Waals surface area contributed by atoms with Gasteiger partial charge in [0.1, 0.15) is 16.5 Å². The van der Waals surface area contributed by atoms with E-state index in [0.29, 0.717) is 22.9 Å². The highest BCUT2D eigenvalue weighted by molar-refractivity contribution is 7.93. The number of rotatable bonds is 7. The third-order valence-corrected chi connectivity index (χ3v) is 8.12. The summed E-state index contributed by atoms with van der Waals surface area (Å²) in [5, 5.41) is 4.39. The van der Waals surface area contributed by atoms with Crippen LogP contribution in [0.1, 0.15) is 22.9 Å². The van der Waals surface area contributed by atoms with Crippen molar-refractivity contribution in [3.8, 4) is 5.69 Å². The van der Waals surface area contributed by atoms with Gasteiger partial charge < -0.3 is 0 Å². The number of para-hydroxylation sites is 1. The predicted molar refractivity (Wildman–Crippen MR) is 133 cm³/mol. The lowest BCUT2D eigenvalue weighted by molar-refractivity contribution is 0.599. The molecule has 10 nitrogen and oxygen atoms in total. The summed E-state index contributed by atoms with van der Waals surface area (Å²) >= 11 is 0. The monoisotopic (exact) mass is 512 g/mol. The highest BCUT2D eigenvalue weighted by Crippen LogP contribution is 2.26. The molecule has 0 radical (unpaired) electrons. The number of hydrogen-bond donors (Lipinski definition) is 2. The molecule has 0 bridgehead atoms. The summed E-state index contributed by atoms with van der Waals surface area (Å²) < 4.78 is 58.3. The van der Waals surface area contributed by atoms with Crippen molar-refractivity contribution in [2.75, 3.05) is 9.44 Å². The third kappa shape index (κ3) is 5.17. The van der Waals surface area contributed by atoms with Gasteiger partial charge in [0.25, 0.3) is 20.0 Å². The summed E-state index contributed by atoms with van der Waals surface area (Å²) in [4.78, 5) is 8.23. The molecule has 35 heavy (non-hydrogen) atoms. The van der Waals surface area contributed by atoms with Crippen LogP contribution in [0.25, 0.3) is 5.69 Å². The summed E-state index contributed by atoms with van der Waals surface area (Å²) in [6.45, 7) is 6.71. The van der Waals surface area contributed by atoms with Crippen LogP contribution in [0.2, 0.25) is 0 Å². The van der Waals surface area contributed by atoms with Gasteiger partial charge in [0.2, 0.25) is 0 Å². The Balaban J connectivity index is 1.57. The van der Waals surface area contributed by atoms with Crippen LogP contribution in [0.15, 0.2) is 70.5 Å². The zero-order chi connectivity index (χ0) is 25.4. The molecule has 0 spiro atoms. The molecule has 0 unspecified atom stereocenters. The molecule has 0 fully saturated rings. The van der Waals surface area contributed by atoms with E-state index in [9.17, 15) is 16.8 Å². The van der Waals surface area contributed by atoms with Gasteiger partial charge in [0.15, 0.2) is 0 Å². The van der Waals surface area contributed by atoms with Gasteiger partial charge in [-0.05, 0) is 64.1 Å². The number of sulfonamides is 2. The Labute approximate surface area is 204 Å². The molecule has 0 aliphatic heterocycles. The molecule has 0 saturated heterocycles. The minimum Gasteiger partial charge on any atom is -0.280 e. The second-order valence-corrected chi connectivity index (χ2v) is 11.2. The Bertz CT molecular complexity index is 1580. The van der Waals surface area contributed by atoms with Crippen LogP contribution in [0.3, 0.4) is 0 Å². The first-order valence-corrected chi connectivity index (χ1v) is 13.5. The lowest BCUT2D eigenvalue weighted by atomic mass is 10.3. The number of benzene rings is 2. The van der Waals surface area contributed by atoms with E-state index >= 15 is 0 Å². The number of anilines is 2. The Hall–Kier alpha value is -3.77. The largest absolute Gasteiger partial charge is 0.280 e. The molecule has 0 saturated carbocycles. The Morgan fingerprint density at radius 3 is 2.06 bits per heavy atom. The predicted octanol–water partition coefficient (Wildman–Crippen LogP) is 3.50. The smallest absolute Gasteiger partial charge is 0.265 e. The molecule has 4 aromatic rings. The first kappa shape index (κ1) is 24.4. The lowest BCUT2D eigenvalue weighted by Gasteiger charge is -2.11. The summed E-state index contributed by atoms with van der Waals surface area (Å²) in [6, 6.07) is 16.1. The first-order valence-electron chi connectivity index (χ1n) is 10.6. The fraction of sp³-hybridized carbons (Fsp3) is 0.174. The van der Waals surface area contributed by atoms with Crippen LogP contribution >= 0.6 is 0 Å². The molecule has 0 amide bonds. The van der Waals surface area contributed by atoms with E-state index in [1.165, 1.54) is 30.3 Å². The maximum atomic E-state index is 13.2. The second-order valence-electron chi connectivity index (χ2n) is 7.92. The Kier molecular flexibility index (Phi) is 6.34. The minimum absolute atomic E-state index is 0.0429. The SMILES string of the molecule is Cc1cc(NS(=O)(=O)c2ccc(NS(=O)(=O)c3c(C)nn(-c4ccccc4)c3C)cc2)nc(C)n1. The number of aromatic nitrogens is 4. The number of hydrogen-bond acceptors (Lipinski definition) is 7. The van der Waals surface area contributed by atoms with Crippen molar-refractivity contribution < 1.29 is 16.8 Å². The standard InChI is InChI=1S/C23H24N6O4S2/c1-15-14-22(25-18(4)24-15)28-34(30,31)21-12-10-19(11-13-21)27-35(32,33)23-16(2)26-29(17(23)3)20-8-6-5-7-9-20/h5-14,27H,1-4H3,(H,24,25,28). The number of aryl methyl sites for hydroxylation is 3. The van der Waals surface area contributed by atoms with Crippen molar-refractivity contribution in [1.82, 2.24) is 19.7 Å². The molecule has 2 N–H and O–H groups in total. The third-order valence-electron chi connectivity index (χ3n) is 5.12. The normalized spacial score (nSPS) is 11.9. The average Bonchev–Trinajstić information content (AvgIpc) is 3.08. The van der Waals surface area contributed by atoms with Crippen molar-refractivity contribution in [3.63, 3.8) is 0 Å². The van der Waals surface area contributed by atoms with Crippen molar-refractivity contribution in [2.24, 2.45) is 0 Å². The minimum atomic E-state index is -3.98. The van der Waals surface area contributed by atoms with Gasteiger partial charge in [-0.2, -0.15) is 5.10 Å². The van der Waals surface area contributed by atoms with Crippen LogP contribution in [0, 0.1) is 27.7 Å². The molecule has 2 heterocycles. The molecule has 0 aliphatic rings. The molecule has 2 aromatic carbocycles. The van der Waals surface area contributed by atoms with E-state index < -0.39 is 20.0 Å². The van der Waals surface area contributed by atoms with E-state index in [-0.39, 0.29) is 21.3 Å². The van der Waals surface area contributed by atoms with Crippen molar-refractivity contribution in [2.45, 2.75) is 37.5 Å². The average molecular weight is 513 g/mol. The molecule has 4 rings (SSSR count). The fourth-order valence-corrected chi connectivity index (χ4v) is 6.16. The quantitative estimate of drug-likeness (QED) is 0.387. The highest BCUT2D eigenvalue weighted by Gasteiger charge is 2.25. The van der Waals surface area contributed by atoms with Gasteiger partial charge in [-0.25, -0.2) is 31.5 Å². The maximum absolute atomic E-state index is 13.2.